The molecule has 1 atom stereocenters. The van der Waals surface area contributed by atoms with E-state index in [0.29, 0.717) is 5.92 Å². The summed E-state index contributed by atoms with van der Waals surface area (Å²) < 4.78 is 0. The van der Waals surface area contributed by atoms with Crippen molar-refractivity contribution in [2.45, 2.75) is 0 Å². The topological polar surface area (TPSA) is 23.9 Å². The molecule has 1 unspecified atom stereocenters. The third-order valence-electron chi connectivity index (χ3n) is 1.74. The molecule has 0 aromatic heterocycles. The first-order chi connectivity index (χ1) is 4.38. The quantitative estimate of drug-likeness (QED) is 0.499. The number of fused-ring (bicyclic) bond motifs is 1. The van der Waals surface area contributed by atoms with E-state index < -0.39 is 0 Å². The van der Waals surface area contributed by atoms with Gasteiger partial charge in [0.1, 0.15) is 0 Å². The Kier molecular flexibility index (Phi) is 0.758. The van der Waals surface area contributed by atoms with Crippen molar-refractivity contribution in [3.8, 4) is 0 Å². The van der Waals surface area contributed by atoms with Gasteiger partial charge in [0.05, 0.1) is 0 Å². The Morgan fingerprint density at radius 1 is 1.33 bits per heavy atom. The fourth-order valence-electron chi connectivity index (χ4n) is 1.22. The molecule has 0 bridgehead atoms. The second-order valence-electron chi connectivity index (χ2n) is 2.32. The Bertz CT molecular complexity index is 243. The molecule has 0 heterocycles. The number of hydrogen-bond acceptors (Lipinski definition) is 1. The van der Waals surface area contributed by atoms with Crippen molar-refractivity contribution in [3.05, 3.63) is 36.0 Å². The number of rotatable bonds is 0. The summed E-state index contributed by atoms with van der Waals surface area (Å²) in [5.74, 6) is 0.296. The summed E-state index contributed by atoms with van der Waals surface area (Å²) in [5, 5.41) is 7.40. The van der Waals surface area contributed by atoms with Crippen LogP contribution in [-0.2, 0) is 0 Å². The lowest BCUT2D eigenvalue weighted by Crippen LogP contribution is -2.00. The highest BCUT2D eigenvalue weighted by atomic mass is 14.5. The fraction of sp³-hybridized carbons (Fsp3) is 0.125. The van der Waals surface area contributed by atoms with Crippen LogP contribution in [0.25, 0.3) is 0 Å². The van der Waals surface area contributed by atoms with E-state index in [1.54, 1.807) is 0 Å². The van der Waals surface area contributed by atoms with Gasteiger partial charge in [0, 0.05) is 11.6 Å². The molecule has 1 nitrogen and oxygen atoms in total. The summed E-state index contributed by atoms with van der Waals surface area (Å²) in [5.41, 5.74) is 1.98. The molecule has 0 radical (unpaired) electrons. The van der Waals surface area contributed by atoms with Crippen molar-refractivity contribution in [1.29, 1.82) is 5.41 Å². The summed E-state index contributed by atoms with van der Waals surface area (Å²) in [7, 11) is 0. The Morgan fingerprint density at radius 3 is 3.00 bits per heavy atom. The maximum atomic E-state index is 7.40. The number of nitrogens with one attached hydrogen (secondary N) is 1. The molecule has 0 aromatic carbocycles. The largest absolute Gasteiger partial charge is 0.304 e. The van der Waals surface area contributed by atoms with Gasteiger partial charge < -0.3 is 5.41 Å². The minimum Gasteiger partial charge on any atom is -0.304 e. The molecule has 9 heavy (non-hydrogen) atoms. The molecule has 2 aliphatic carbocycles. The number of allylic oxidation sites excluding steroid dienone is 6. The molecule has 0 amide bonds. The van der Waals surface area contributed by atoms with Crippen LogP contribution in [0.5, 0.6) is 0 Å². The van der Waals surface area contributed by atoms with Crippen molar-refractivity contribution < 1.29 is 0 Å². The van der Waals surface area contributed by atoms with Crippen LogP contribution >= 0.6 is 0 Å². The molecule has 1 heteroatoms. The molecule has 2 rings (SSSR count). The first-order valence-electron chi connectivity index (χ1n) is 3.03. The van der Waals surface area contributed by atoms with Crippen LogP contribution in [0.15, 0.2) is 36.0 Å². The molecule has 44 valence electrons. The van der Waals surface area contributed by atoms with Crippen molar-refractivity contribution >= 4 is 5.71 Å². The Hall–Kier alpha value is -1.11. The standard InChI is InChI=1S/C8H7N/c9-8-5-4-6-2-1-3-7(6)8/h1-5,7,9H. The van der Waals surface area contributed by atoms with Crippen LogP contribution in [0.4, 0.5) is 0 Å². The van der Waals surface area contributed by atoms with E-state index in [-0.39, 0.29) is 0 Å². The molecule has 0 saturated carbocycles. The average molecular weight is 117 g/mol. The highest BCUT2D eigenvalue weighted by molar-refractivity contribution is 6.02. The summed E-state index contributed by atoms with van der Waals surface area (Å²) in [6.07, 6.45) is 9.99. The molecule has 0 aliphatic heterocycles. The third kappa shape index (κ3) is 0.515. The lowest BCUT2D eigenvalue weighted by Gasteiger charge is -1.99. The van der Waals surface area contributed by atoms with Crippen molar-refractivity contribution in [3.63, 3.8) is 0 Å². The minimum absolute atomic E-state index is 0.296. The van der Waals surface area contributed by atoms with E-state index in [9.17, 15) is 0 Å². The smallest absolute Gasteiger partial charge is 0.0438 e. The minimum atomic E-state index is 0.296. The molecule has 0 saturated heterocycles. The Balaban J connectivity index is 2.47. The summed E-state index contributed by atoms with van der Waals surface area (Å²) >= 11 is 0. The van der Waals surface area contributed by atoms with E-state index in [1.807, 2.05) is 18.2 Å². The van der Waals surface area contributed by atoms with Gasteiger partial charge in [-0.25, -0.2) is 0 Å². The summed E-state index contributed by atoms with van der Waals surface area (Å²) in [6.45, 7) is 0. The average Bonchev–Trinajstić information content (AvgIpc) is 2.35. The first kappa shape index (κ1) is 4.74. The lowest BCUT2D eigenvalue weighted by molar-refractivity contribution is 1.11. The lowest BCUT2D eigenvalue weighted by atomic mass is 10.1. The normalized spacial score (nSPS) is 29.1. The third-order valence-corrected chi connectivity index (χ3v) is 1.74. The predicted octanol–water partition coefficient (Wildman–Crippen LogP) is 1.69. The second-order valence-corrected chi connectivity index (χ2v) is 2.32. The van der Waals surface area contributed by atoms with E-state index in [0.717, 1.165) is 5.71 Å². The van der Waals surface area contributed by atoms with Crippen LogP contribution in [0, 0.1) is 11.3 Å². The van der Waals surface area contributed by atoms with E-state index >= 15 is 0 Å². The van der Waals surface area contributed by atoms with Gasteiger partial charge in [-0.1, -0.05) is 24.3 Å². The van der Waals surface area contributed by atoms with Crippen LogP contribution < -0.4 is 0 Å². The van der Waals surface area contributed by atoms with Crippen LogP contribution in [0.2, 0.25) is 0 Å². The van der Waals surface area contributed by atoms with Gasteiger partial charge in [0.25, 0.3) is 0 Å². The van der Waals surface area contributed by atoms with E-state index in [4.69, 9.17) is 5.41 Å². The molecule has 0 spiro atoms. The molecule has 1 N–H and O–H groups in total. The summed E-state index contributed by atoms with van der Waals surface area (Å²) in [6, 6.07) is 0. The highest BCUT2D eigenvalue weighted by Gasteiger charge is 2.20. The van der Waals surface area contributed by atoms with E-state index in [2.05, 4.69) is 12.2 Å². The Morgan fingerprint density at radius 2 is 2.22 bits per heavy atom. The summed E-state index contributed by atoms with van der Waals surface area (Å²) in [4.78, 5) is 0. The zero-order valence-electron chi connectivity index (χ0n) is 4.96. The Labute approximate surface area is 53.9 Å². The SMILES string of the molecule is N=C1C=CC2=CC=CC12. The van der Waals surface area contributed by atoms with Gasteiger partial charge in [-0.15, -0.1) is 0 Å². The maximum Gasteiger partial charge on any atom is 0.0438 e. The molecular formula is C8H7N. The maximum absolute atomic E-state index is 7.40. The van der Waals surface area contributed by atoms with Gasteiger partial charge in [-0.3, -0.25) is 0 Å². The van der Waals surface area contributed by atoms with Gasteiger partial charge in [-0.05, 0) is 11.6 Å². The van der Waals surface area contributed by atoms with Crippen LogP contribution in [-0.4, -0.2) is 5.71 Å². The molecule has 0 aromatic rings. The zero-order valence-corrected chi connectivity index (χ0v) is 4.96. The zero-order chi connectivity index (χ0) is 6.27. The highest BCUT2D eigenvalue weighted by Crippen LogP contribution is 2.26. The van der Waals surface area contributed by atoms with E-state index in [1.165, 1.54) is 5.57 Å². The molecule has 2 aliphatic rings. The van der Waals surface area contributed by atoms with Crippen molar-refractivity contribution in [2.75, 3.05) is 0 Å². The first-order valence-corrected chi connectivity index (χ1v) is 3.03. The molecular weight excluding hydrogens is 110 g/mol. The van der Waals surface area contributed by atoms with Gasteiger partial charge in [0.2, 0.25) is 0 Å². The van der Waals surface area contributed by atoms with Gasteiger partial charge in [0.15, 0.2) is 0 Å². The van der Waals surface area contributed by atoms with Crippen molar-refractivity contribution in [2.24, 2.45) is 5.92 Å². The second kappa shape index (κ2) is 1.44. The van der Waals surface area contributed by atoms with Crippen LogP contribution in [0.1, 0.15) is 0 Å². The monoisotopic (exact) mass is 117 g/mol. The number of hydrogen-bond donors (Lipinski definition) is 1. The van der Waals surface area contributed by atoms with Crippen molar-refractivity contribution in [1.82, 2.24) is 0 Å². The van der Waals surface area contributed by atoms with Gasteiger partial charge >= 0.3 is 0 Å². The van der Waals surface area contributed by atoms with Gasteiger partial charge in [-0.2, -0.15) is 0 Å². The molecule has 0 fully saturated rings. The predicted molar refractivity (Wildman–Crippen MR) is 37.6 cm³/mol. The van der Waals surface area contributed by atoms with Crippen LogP contribution in [0.3, 0.4) is 0 Å². The fourth-order valence-corrected chi connectivity index (χ4v) is 1.22.